The fourth-order valence-corrected chi connectivity index (χ4v) is 3.68. The minimum atomic E-state index is -1.58. The summed E-state index contributed by atoms with van der Waals surface area (Å²) in [5.41, 5.74) is -2.04. The maximum Gasteiger partial charge on any atom is 0.187 e. The average Bonchev–Trinajstić information content (AvgIpc) is 2.61. The second kappa shape index (κ2) is 8.86. The second-order valence-electron chi connectivity index (χ2n) is 8.22. The van der Waals surface area contributed by atoms with Gasteiger partial charge in [0.05, 0.1) is 25.4 Å². The van der Waals surface area contributed by atoms with Crippen LogP contribution in [-0.4, -0.2) is 97.5 Å². The van der Waals surface area contributed by atoms with Crippen LogP contribution in [0.25, 0.3) is 0 Å². The average molecular weight is 404 g/mol. The molecule has 28 heavy (non-hydrogen) atoms. The number of hydrogen-bond acceptors (Lipinski definition) is 9. The van der Waals surface area contributed by atoms with Crippen molar-refractivity contribution in [3.63, 3.8) is 0 Å². The molecule has 1 fully saturated rings. The molecule has 8 unspecified atom stereocenters. The van der Waals surface area contributed by atoms with Gasteiger partial charge >= 0.3 is 0 Å². The van der Waals surface area contributed by atoms with E-state index in [-0.39, 0.29) is 13.0 Å². The Morgan fingerprint density at radius 1 is 1.21 bits per heavy atom. The highest BCUT2D eigenvalue weighted by Crippen LogP contribution is 2.45. The van der Waals surface area contributed by atoms with E-state index in [0.29, 0.717) is 5.57 Å². The minimum absolute atomic E-state index is 0.260. The number of aliphatic hydroxyl groups excluding tert-OH is 6. The summed E-state index contributed by atoms with van der Waals surface area (Å²) in [7, 11) is 0. The summed E-state index contributed by atoms with van der Waals surface area (Å²) in [6.07, 6.45) is -4.13. The van der Waals surface area contributed by atoms with E-state index in [4.69, 9.17) is 9.47 Å². The van der Waals surface area contributed by atoms with Gasteiger partial charge < -0.3 is 45.2 Å². The van der Waals surface area contributed by atoms with Crippen molar-refractivity contribution in [2.45, 2.75) is 75.7 Å². The predicted octanol–water partition coefficient (Wildman–Crippen LogP) is -1.81. The Bertz CT molecular complexity index is 586. The highest BCUT2D eigenvalue weighted by Gasteiger charge is 2.49. The van der Waals surface area contributed by atoms with Crippen LogP contribution in [-0.2, 0) is 9.47 Å². The van der Waals surface area contributed by atoms with Crippen molar-refractivity contribution < 1.29 is 45.2 Å². The molecule has 0 saturated carbocycles. The standard InChI is InChI=1S/C19H32O9/c1-10(21)4-5-19(26)11(6-12(22)7-18(19,2)3)9-27-17-16(25)15(24)14(23)13(8-20)28-17/h4-6,10,12-17,20-26H,7-9H2,1-3H3. The number of aliphatic hydroxyl groups is 7. The molecule has 8 atom stereocenters. The minimum Gasteiger partial charge on any atom is -0.394 e. The third-order valence-electron chi connectivity index (χ3n) is 5.50. The Morgan fingerprint density at radius 3 is 2.43 bits per heavy atom. The lowest BCUT2D eigenvalue weighted by molar-refractivity contribution is -0.299. The third-order valence-corrected chi connectivity index (χ3v) is 5.50. The van der Waals surface area contributed by atoms with Gasteiger partial charge in [0.2, 0.25) is 0 Å². The molecule has 7 N–H and O–H groups in total. The molecule has 1 saturated heterocycles. The van der Waals surface area contributed by atoms with E-state index in [1.807, 2.05) is 0 Å². The van der Waals surface area contributed by atoms with Gasteiger partial charge in [-0.1, -0.05) is 26.0 Å². The smallest absolute Gasteiger partial charge is 0.187 e. The van der Waals surface area contributed by atoms with Crippen LogP contribution in [0, 0.1) is 5.41 Å². The zero-order chi connectivity index (χ0) is 21.3. The summed E-state index contributed by atoms with van der Waals surface area (Å²) in [5.74, 6) is 0. The van der Waals surface area contributed by atoms with Crippen LogP contribution in [0.5, 0.6) is 0 Å². The number of ether oxygens (including phenoxy) is 2. The van der Waals surface area contributed by atoms with Crippen molar-refractivity contribution in [3.05, 3.63) is 23.8 Å². The van der Waals surface area contributed by atoms with E-state index in [1.165, 1.54) is 18.2 Å². The monoisotopic (exact) mass is 404 g/mol. The summed E-state index contributed by atoms with van der Waals surface area (Å²) in [6.45, 7) is 4.23. The second-order valence-corrected chi connectivity index (χ2v) is 8.22. The summed E-state index contributed by atoms with van der Waals surface area (Å²) >= 11 is 0. The molecule has 0 aromatic rings. The van der Waals surface area contributed by atoms with Crippen LogP contribution in [0.4, 0.5) is 0 Å². The molecular weight excluding hydrogens is 372 g/mol. The lowest BCUT2D eigenvalue weighted by atomic mass is 9.64. The first-order valence-electron chi connectivity index (χ1n) is 9.34. The Hall–Kier alpha value is -0.880. The van der Waals surface area contributed by atoms with Gasteiger partial charge in [-0.3, -0.25) is 0 Å². The van der Waals surface area contributed by atoms with Gasteiger partial charge in [0, 0.05) is 5.41 Å². The first-order valence-corrected chi connectivity index (χ1v) is 9.34. The Kier molecular flexibility index (Phi) is 7.41. The highest BCUT2D eigenvalue weighted by atomic mass is 16.7. The van der Waals surface area contributed by atoms with Crippen molar-refractivity contribution >= 4 is 0 Å². The molecule has 0 aromatic carbocycles. The Labute approximate surface area is 164 Å². The van der Waals surface area contributed by atoms with Gasteiger partial charge in [0.15, 0.2) is 6.29 Å². The highest BCUT2D eigenvalue weighted by molar-refractivity contribution is 5.34. The van der Waals surface area contributed by atoms with Gasteiger partial charge in [-0.05, 0) is 25.0 Å². The van der Waals surface area contributed by atoms with Gasteiger partial charge in [-0.15, -0.1) is 0 Å². The molecule has 0 spiro atoms. The van der Waals surface area contributed by atoms with Crippen LogP contribution in [0.3, 0.4) is 0 Å². The summed E-state index contributed by atoms with van der Waals surface area (Å²) in [4.78, 5) is 0. The fourth-order valence-electron chi connectivity index (χ4n) is 3.68. The zero-order valence-corrected chi connectivity index (χ0v) is 16.3. The normalized spacial score (nSPS) is 42.4. The first-order chi connectivity index (χ1) is 12.9. The van der Waals surface area contributed by atoms with Crippen molar-refractivity contribution in [2.24, 2.45) is 5.41 Å². The molecule has 0 radical (unpaired) electrons. The van der Waals surface area contributed by atoms with E-state index in [9.17, 15) is 35.7 Å². The van der Waals surface area contributed by atoms with Crippen molar-refractivity contribution in [1.82, 2.24) is 0 Å². The molecule has 9 nitrogen and oxygen atoms in total. The number of hydrogen-bond donors (Lipinski definition) is 7. The predicted molar refractivity (Wildman–Crippen MR) is 98.0 cm³/mol. The van der Waals surface area contributed by atoms with Crippen molar-refractivity contribution in [3.8, 4) is 0 Å². The van der Waals surface area contributed by atoms with Gasteiger partial charge in [0.1, 0.15) is 30.0 Å². The largest absolute Gasteiger partial charge is 0.394 e. The SMILES string of the molecule is CC(O)C=CC1(O)C(COC2OC(CO)C(O)C(O)C2O)=CC(O)CC1(C)C. The van der Waals surface area contributed by atoms with Crippen LogP contribution >= 0.6 is 0 Å². The molecular formula is C19H32O9. The summed E-state index contributed by atoms with van der Waals surface area (Å²) in [5, 5.41) is 70.1. The van der Waals surface area contributed by atoms with Crippen LogP contribution in [0.1, 0.15) is 27.2 Å². The van der Waals surface area contributed by atoms with E-state index < -0.39 is 60.5 Å². The van der Waals surface area contributed by atoms with Crippen LogP contribution < -0.4 is 0 Å². The molecule has 1 aliphatic carbocycles. The molecule has 0 amide bonds. The maximum absolute atomic E-state index is 11.3. The van der Waals surface area contributed by atoms with Crippen molar-refractivity contribution in [1.29, 1.82) is 0 Å². The topological polar surface area (TPSA) is 160 Å². The van der Waals surface area contributed by atoms with E-state index >= 15 is 0 Å². The van der Waals surface area contributed by atoms with E-state index in [2.05, 4.69) is 0 Å². The molecule has 2 aliphatic rings. The molecule has 1 heterocycles. The molecule has 1 aliphatic heterocycles. The molecule has 162 valence electrons. The van der Waals surface area contributed by atoms with Gasteiger partial charge in [-0.2, -0.15) is 0 Å². The number of rotatable bonds is 6. The fraction of sp³-hybridized carbons (Fsp3) is 0.789. The molecule has 0 bridgehead atoms. The lowest BCUT2D eigenvalue weighted by Crippen LogP contribution is -2.59. The van der Waals surface area contributed by atoms with Crippen LogP contribution in [0.15, 0.2) is 23.8 Å². The van der Waals surface area contributed by atoms with Gasteiger partial charge in [-0.25, -0.2) is 0 Å². The molecule has 2 rings (SSSR count). The first kappa shape index (κ1) is 23.4. The zero-order valence-electron chi connectivity index (χ0n) is 16.3. The van der Waals surface area contributed by atoms with Crippen LogP contribution in [0.2, 0.25) is 0 Å². The quantitative estimate of drug-likeness (QED) is 0.253. The summed E-state index contributed by atoms with van der Waals surface area (Å²) in [6, 6.07) is 0. The van der Waals surface area contributed by atoms with Gasteiger partial charge in [0.25, 0.3) is 0 Å². The lowest BCUT2D eigenvalue weighted by Gasteiger charge is -2.47. The van der Waals surface area contributed by atoms with Crippen molar-refractivity contribution in [2.75, 3.05) is 13.2 Å². The third kappa shape index (κ3) is 4.64. The molecule has 9 heteroatoms. The van der Waals surface area contributed by atoms with E-state index in [1.54, 1.807) is 20.8 Å². The maximum atomic E-state index is 11.3. The Morgan fingerprint density at radius 2 is 1.86 bits per heavy atom. The van der Waals surface area contributed by atoms with E-state index in [0.717, 1.165) is 0 Å². The summed E-state index contributed by atoms with van der Waals surface area (Å²) < 4.78 is 10.8. The Balaban J connectivity index is 2.22. The molecule has 0 aromatic heterocycles.